The standard InChI is InChI=1S/C16H24N2O5S/c1-3-16(19)18-14-10-13(7-8-15(14)22-4-2)24(20,21)17-11-12-6-5-9-23-12/h7-8,10,12,17H,3-6,9,11H2,1-2H3,(H,18,19)/t12-/m1/s1. The summed E-state index contributed by atoms with van der Waals surface area (Å²) in [5.41, 5.74) is 0.351. The Morgan fingerprint density at radius 1 is 1.38 bits per heavy atom. The number of hydrogen-bond acceptors (Lipinski definition) is 5. The quantitative estimate of drug-likeness (QED) is 0.742. The summed E-state index contributed by atoms with van der Waals surface area (Å²) in [7, 11) is -3.68. The first-order valence-electron chi connectivity index (χ1n) is 8.14. The number of carbonyl (C=O) groups is 1. The van der Waals surface area contributed by atoms with Crippen molar-refractivity contribution in [3.05, 3.63) is 18.2 Å². The van der Waals surface area contributed by atoms with Crippen molar-refractivity contribution in [2.45, 2.75) is 44.1 Å². The van der Waals surface area contributed by atoms with Gasteiger partial charge in [0.1, 0.15) is 5.75 Å². The van der Waals surface area contributed by atoms with Crippen LogP contribution in [0.4, 0.5) is 5.69 Å². The van der Waals surface area contributed by atoms with Gasteiger partial charge in [-0.15, -0.1) is 0 Å². The normalized spacial score (nSPS) is 17.7. The predicted octanol–water partition coefficient (Wildman–Crippen LogP) is 1.89. The van der Waals surface area contributed by atoms with Gasteiger partial charge in [0, 0.05) is 19.6 Å². The summed E-state index contributed by atoms with van der Waals surface area (Å²) in [4.78, 5) is 11.7. The highest BCUT2D eigenvalue weighted by atomic mass is 32.2. The van der Waals surface area contributed by atoms with Crippen LogP contribution in [-0.2, 0) is 19.6 Å². The summed E-state index contributed by atoms with van der Waals surface area (Å²) in [5, 5.41) is 2.67. The van der Waals surface area contributed by atoms with Crippen LogP contribution >= 0.6 is 0 Å². The van der Waals surface area contributed by atoms with Crippen LogP contribution in [0.25, 0.3) is 0 Å². The number of ether oxygens (including phenoxy) is 2. The number of nitrogens with one attached hydrogen (secondary N) is 2. The van der Waals surface area contributed by atoms with E-state index in [1.54, 1.807) is 13.0 Å². The lowest BCUT2D eigenvalue weighted by molar-refractivity contribution is -0.115. The van der Waals surface area contributed by atoms with E-state index in [9.17, 15) is 13.2 Å². The number of sulfonamides is 1. The summed E-state index contributed by atoms with van der Waals surface area (Å²) in [6.45, 7) is 4.87. The van der Waals surface area contributed by atoms with E-state index in [4.69, 9.17) is 9.47 Å². The smallest absolute Gasteiger partial charge is 0.240 e. The fourth-order valence-electron chi connectivity index (χ4n) is 2.39. The molecule has 2 N–H and O–H groups in total. The van der Waals surface area contributed by atoms with E-state index in [0.717, 1.165) is 12.8 Å². The third kappa shape index (κ3) is 4.93. The molecular weight excluding hydrogens is 332 g/mol. The second-order valence-corrected chi connectivity index (χ2v) is 7.25. The Morgan fingerprint density at radius 3 is 2.79 bits per heavy atom. The first kappa shape index (κ1) is 18.7. The van der Waals surface area contributed by atoms with Crippen molar-refractivity contribution in [1.82, 2.24) is 4.72 Å². The largest absolute Gasteiger partial charge is 0.492 e. The Labute approximate surface area is 142 Å². The zero-order valence-corrected chi connectivity index (χ0v) is 14.8. The highest BCUT2D eigenvalue weighted by Crippen LogP contribution is 2.28. The van der Waals surface area contributed by atoms with Gasteiger partial charge in [-0.25, -0.2) is 13.1 Å². The monoisotopic (exact) mass is 356 g/mol. The Morgan fingerprint density at radius 2 is 2.17 bits per heavy atom. The lowest BCUT2D eigenvalue weighted by Gasteiger charge is -2.15. The maximum atomic E-state index is 12.4. The molecule has 1 amide bonds. The van der Waals surface area contributed by atoms with Crippen LogP contribution in [-0.4, -0.2) is 40.2 Å². The van der Waals surface area contributed by atoms with Gasteiger partial charge in [-0.1, -0.05) is 6.92 Å². The van der Waals surface area contributed by atoms with E-state index in [-0.39, 0.29) is 23.5 Å². The van der Waals surface area contributed by atoms with Crippen molar-refractivity contribution in [1.29, 1.82) is 0 Å². The minimum atomic E-state index is -3.68. The average molecular weight is 356 g/mol. The first-order chi connectivity index (χ1) is 11.5. The molecule has 1 aromatic carbocycles. The molecule has 0 saturated carbocycles. The van der Waals surface area contributed by atoms with E-state index in [1.807, 2.05) is 6.92 Å². The molecule has 1 aliphatic heterocycles. The van der Waals surface area contributed by atoms with Crippen LogP contribution in [0, 0.1) is 0 Å². The molecule has 0 aromatic heterocycles. The molecule has 134 valence electrons. The Kier molecular flexibility index (Phi) is 6.59. The molecule has 0 radical (unpaired) electrons. The van der Waals surface area contributed by atoms with Gasteiger partial charge in [0.15, 0.2) is 0 Å². The van der Waals surface area contributed by atoms with Gasteiger partial charge in [-0.2, -0.15) is 0 Å². The molecule has 8 heteroatoms. The molecule has 7 nitrogen and oxygen atoms in total. The number of hydrogen-bond donors (Lipinski definition) is 2. The zero-order valence-electron chi connectivity index (χ0n) is 14.0. The van der Waals surface area contributed by atoms with Gasteiger partial charge in [-0.3, -0.25) is 4.79 Å². The second-order valence-electron chi connectivity index (χ2n) is 5.48. The second kappa shape index (κ2) is 8.46. The van der Waals surface area contributed by atoms with Crippen molar-refractivity contribution in [2.24, 2.45) is 0 Å². The molecule has 1 saturated heterocycles. The van der Waals surface area contributed by atoms with Gasteiger partial charge in [0.05, 0.1) is 23.3 Å². The molecule has 2 rings (SSSR count). The van der Waals surface area contributed by atoms with Crippen LogP contribution in [0.3, 0.4) is 0 Å². The van der Waals surface area contributed by atoms with E-state index in [0.29, 0.717) is 31.1 Å². The number of amides is 1. The van der Waals surface area contributed by atoms with E-state index in [1.165, 1.54) is 12.1 Å². The molecule has 24 heavy (non-hydrogen) atoms. The van der Waals surface area contributed by atoms with Crippen molar-refractivity contribution >= 4 is 21.6 Å². The summed E-state index contributed by atoms with van der Waals surface area (Å²) < 4.78 is 38.3. The summed E-state index contributed by atoms with van der Waals surface area (Å²) in [6, 6.07) is 4.43. The molecule has 0 bridgehead atoms. The molecule has 1 fully saturated rings. The zero-order chi connectivity index (χ0) is 17.6. The summed E-state index contributed by atoms with van der Waals surface area (Å²) >= 11 is 0. The van der Waals surface area contributed by atoms with Gasteiger partial charge in [0.2, 0.25) is 15.9 Å². The fraction of sp³-hybridized carbons (Fsp3) is 0.562. The Bertz CT molecular complexity index is 669. The highest BCUT2D eigenvalue weighted by molar-refractivity contribution is 7.89. The topological polar surface area (TPSA) is 93.7 Å². The Balaban J connectivity index is 2.18. The molecule has 0 aliphatic carbocycles. The first-order valence-corrected chi connectivity index (χ1v) is 9.62. The van der Waals surface area contributed by atoms with Crippen LogP contribution in [0.5, 0.6) is 5.75 Å². The van der Waals surface area contributed by atoms with Crippen LogP contribution in [0.2, 0.25) is 0 Å². The van der Waals surface area contributed by atoms with Crippen molar-refractivity contribution in [3.8, 4) is 5.75 Å². The van der Waals surface area contributed by atoms with E-state index >= 15 is 0 Å². The third-order valence-corrected chi connectivity index (χ3v) is 5.10. The molecule has 0 spiro atoms. The van der Waals surface area contributed by atoms with E-state index < -0.39 is 10.0 Å². The lowest BCUT2D eigenvalue weighted by Crippen LogP contribution is -2.31. The molecule has 0 unspecified atom stereocenters. The number of rotatable bonds is 8. The molecule has 1 aromatic rings. The summed E-state index contributed by atoms with van der Waals surface area (Å²) in [5.74, 6) is 0.232. The van der Waals surface area contributed by atoms with Crippen LogP contribution < -0.4 is 14.8 Å². The SMILES string of the molecule is CCOc1ccc(S(=O)(=O)NC[C@H]2CCCO2)cc1NC(=O)CC. The Hall–Kier alpha value is -1.64. The van der Waals surface area contributed by atoms with Crippen LogP contribution in [0.1, 0.15) is 33.1 Å². The maximum Gasteiger partial charge on any atom is 0.240 e. The maximum absolute atomic E-state index is 12.4. The minimum absolute atomic E-state index is 0.0790. The van der Waals surface area contributed by atoms with Crippen LogP contribution in [0.15, 0.2) is 23.1 Å². The highest BCUT2D eigenvalue weighted by Gasteiger charge is 2.21. The van der Waals surface area contributed by atoms with Crippen molar-refractivity contribution in [2.75, 3.05) is 25.1 Å². The van der Waals surface area contributed by atoms with Crippen molar-refractivity contribution < 1.29 is 22.7 Å². The predicted molar refractivity (Wildman–Crippen MR) is 90.7 cm³/mol. The van der Waals surface area contributed by atoms with Gasteiger partial charge in [0.25, 0.3) is 0 Å². The van der Waals surface area contributed by atoms with Gasteiger partial charge >= 0.3 is 0 Å². The average Bonchev–Trinajstić information content (AvgIpc) is 3.08. The molecule has 1 heterocycles. The molecule has 1 atom stereocenters. The minimum Gasteiger partial charge on any atom is -0.492 e. The number of carbonyl (C=O) groups excluding carboxylic acids is 1. The van der Waals surface area contributed by atoms with E-state index in [2.05, 4.69) is 10.0 Å². The number of anilines is 1. The van der Waals surface area contributed by atoms with Crippen molar-refractivity contribution in [3.63, 3.8) is 0 Å². The third-order valence-electron chi connectivity index (χ3n) is 3.68. The summed E-state index contributed by atoms with van der Waals surface area (Å²) in [6.07, 6.45) is 2.01. The number of benzene rings is 1. The lowest BCUT2D eigenvalue weighted by atomic mass is 10.2. The van der Waals surface area contributed by atoms with Gasteiger partial charge in [-0.05, 0) is 38.0 Å². The molecule has 1 aliphatic rings. The van der Waals surface area contributed by atoms with Gasteiger partial charge < -0.3 is 14.8 Å². The molecular formula is C16H24N2O5S. The fourth-order valence-corrected chi connectivity index (χ4v) is 3.48.